The van der Waals surface area contributed by atoms with Gasteiger partial charge in [0.15, 0.2) is 5.13 Å². The highest BCUT2D eigenvalue weighted by Gasteiger charge is 2.21. The molecule has 0 radical (unpaired) electrons. The van der Waals surface area contributed by atoms with E-state index in [9.17, 15) is 0 Å². The molecule has 78 valence electrons. The summed E-state index contributed by atoms with van der Waals surface area (Å²) in [5.74, 6) is 0. The van der Waals surface area contributed by atoms with E-state index in [-0.39, 0.29) is 0 Å². The van der Waals surface area contributed by atoms with Gasteiger partial charge in [0.25, 0.3) is 0 Å². The van der Waals surface area contributed by atoms with Crippen molar-refractivity contribution >= 4 is 27.8 Å². The minimum Gasteiger partial charge on any atom is -0.355 e. The third-order valence-corrected chi connectivity index (χ3v) is 4.48. The average Bonchev–Trinajstić information content (AvgIpc) is 2.87. The lowest BCUT2D eigenvalue weighted by Gasteiger charge is -2.23. The molecule has 1 N–H and O–H groups in total. The zero-order chi connectivity index (χ0) is 10.1. The lowest BCUT2D eigenvalue weighted by Crippen LogP contribution is -2.15. The van der Waals surface area contributed by atoms with Crippen LogP contribution in [-0.4, -0.2) is 4.98 Å². The van der Waals surface area contributed by atoms with Gasteiger partial charge in [0.2, 0.25) is 0 Å². The Hall–Kier alpha value is -0.870. The number of nitrogens with one attached hydrogen (secondary N) is 1. The van der Waals surface area contributed by atoms with Gasteiger partial charge in [-0.3, -0.25) is 0 Å². The number of aromatic nitrogens is 1. The van der Waals surface area contributed by atoms with Gasteiger partial charge in [-0.05, 0) is 36.3 Å². The molecule has 0 fully saturated rings. The molecule has 0 aromatic carbocycles. The lowest BCUT2D eigenvalue weighted by atomic mass is 9.94. The molecule has 0 bridgehead atoms. The molecule has 3 rings (SSSR count). The Morgan fingerprint density at radius 2 is 2.33 bits per heavy atom. The molecular weight excluding hydrogens is 224 g/mol. The van der Waals surface area contributed by atoms with E-state index < -0.39 is 0 Å². The van der Waals surface area contributed by atoms with E-state index in [1.54, 1.807) is 16.2 Å². The molecule has 0 aliphatic heterocycles. The summed E-state index contributed by atoms with van der Waals surface area (Å²) < 4.78 is 0. The highest BCUT2D eigenvalue weighted by atomic mass is 32.1. The van der Waals surface area contributed by atoms with Crippen LogP contribution < -0.4 is 5.32 Å². The number of aryl methyl sites for hydroxylation is 1. The molecule has 1 atom stereocenters. The number of thiazole rings is 1. The number of anilines is 1. The van der Waals surface area contributed by atoms with E-state index in [0.717, 1.165) is 5.13 Å². The second-order valence-corrected chi connectivity index (χ2v) is 5.62. The summed E-state index contributed by atoms with van der Waals surface area (Å²) in [7, 11) is 0. The predicted molar refractivity (Wildman–Crippen MR) is 65.7 cm³/mol. The monoisotopic (exact) mass is 236 g/mol. The van der Waals surface area contributed by atoms with Gasteiger partial charge in [0.1, 0.15) is 0 Å². The summed E-state index contributed by atoms with van der Waals surface area (Å²) in [6.45, 7) is 0. The van der Waals surface area contributed by atoms with Crippen LogP contribution >= 0.6 is 22.7 Å². The number of fused-ring (bicyclic) bond motifs is 1. The summed E-state index contributed by atoms with van der Waals surface area (Å²) in [5.41, 5.74) is 1.49. The van der Waals surface area contributed by atoms with Crippen LogP contribution in [-0.2, 0) is 6.42 Å². The van der Waals surface area contributed by atoms with E-state index in [4.69, 9.17) is 0 Å². The van der Waals surface area contributed by atoms with Gasteiger partial charge >= 0.3 is 0 Å². The van der Waals surface area contributed by atoms with Crippen molar-refractivity contribution in [3.8, 4) is 0 Å². The number of rotatable bonds is 2. The maximum atomic E-state index is 4.28. The Kier molecular flexibility index (Phi) is 2.46. The third-order valence-electron chi connectivity index (χ3n) is 2.78. The topological polar surface area (TPSA) is 24.9 Å². The molecule has 1 unspecified atom stereocenters. The van der Waals surface area contributed by atoms with Crippen molar-refractivity contribution < 1.29 is 0 Å². The lowest BCUT2D eigenvalue weighted by molar-refractivity contribution is 0.608. The zero-order valence-corrected chi connectivity index (χ0v) is 9.90. The van der Waals surface area contributed by atoms with Crippen LogP contribution in [0.5, 0.6) is 0 Å². The fourth-order valence-electron chi connectivity index (χ4n) is 2.08. The van der Waals surface area contributed by atoms with E-state index in [0.29, 0.717) is 6.04 Å². The second kappa shape index (κ2) is 3.94. The van der Waals surface area contributed by atoms with Crippen molar-refractivity contribution in [2.24, 2.45) is 0 Å². The van der Waals surface area contributed by atoms with Gasteiger partial charge in [-0.15, -0.1) is 22.7 Å². The molecule has 2 heterocycles. The van der Waals surface area contributed by atoms with Gasteiger partial charge in [-0.1, -0.05) is 0 Å². The average molecular weight is 236 g/mol. The molecule has 1 aliphatic rings. The van der Waals surface area contributed by atoms with Crippen LogP contribution in [0.2, 0.25) is 0 Å². The molecule has 0 spiro atoms. The first-order valence-corrected chi connectivity index (χ1v) is 6.92. The van der Waals surface area contributed by atoms with Crippen LogP contribution in [0, 0.1) is 0 Å². The first-order chi connectivity index (χ1) is 7.43. The van der Waals surface area contributed by atoms with Crippen molar-refractivity contribution in [2.75, 3.05) is 5.32 Å². The quantitative estimate of drug-likeness (QED) is 0.860. The minimum absolute atomic E-state index is 0.478. The number of hydrogen-bond donors (Lipinski definition) is 1. The van der Waals surface area contributed by atoms with Gasteiger partial charge in [0, 0.05) is 16.5 Å². The number of hydrogen-bond acceptors (Lipinski definition) is 4. The SMILES string of the molecule is c1csc(NC2CCCc3sccc32)n1. The smallest absolute Gasteiger partial charge is 0.183 e. The summed E-state index contributed by atoms with van der Waals surface area (Å²) in [6, 6.07) is 2.73. The molecule has 0 saturated carbocycles. The molecule has 15 heavy (non-hydrogen) atoms. The Balaban J connectivity index is 1.84. The third kappa shape index (κ3) is 1.79. The first-order valence-electron chi connectivity index (χ1n) is 5.16. The molecule has 2 aromatic rings. The summed E-state index contributed by atoms with van der Waals surface area (Å²) >= 11 is 3.56. The predicted octanol–water partition coefficient (Wildman–Crippen LogP) is 3.69. The number of thiophene rings is 1. The minimum atomic E-state index is 0.478. The number of nitrogens with zero attached hydrogens (tertiary/aromatic N) is 1. The molecular formula is C11H12N2S2. The van der Waals surface area contributed by atoms with Crippen molar-refractivity contribution in [1.82, 2.24) is 4.98 Å². The standard InChI is InChI=1S/C11H12N2S2/c1-2-9(13-11-12-5-7-15-11)8-4-6-14-10(8)3-1/h4-7,9H,1-3H2,(H,12,13). The largest absolute Gasteiger partial charge is 0.355 e. The van der Waals surface area contributed by atoms with Crippen LogP contribution in [0.15, 0.2) is 23.0 Å². The second-order valence-electron chi connectivity index (χ2n) is 3.73. The van der Waals surface area contributed by atoms with Crippen LogP contribution in [0.3, 0.4) is 0 Å². The normalized spacial score (nSPS) is 19.9. The highest BCUT2D eigenvalue weighted by molar-refractivity contribution is 7.13. The maximum absolute atomic E-state index is 4.28. The summed E-state index contributed by atoms with van der Waals surface area (Å²) in [6.07, 6.45) is 5.62. The molecule has 2 aromatic heterocycles. The van der Waals surface area contributed by atoms with Gasteiger partial charge < -0.3 is 5.32 Å². The molecule has 1 aliphatic carbocycles. The van der Waals surface area contributed by atoms with Crippen molar-refractivity contribution in [1.29, 1.82) is 0 Å². The van der Waals surface area contributed by atoms with E-state index in [1.807, 2.05) is 22.9 Å². The Labute approximate surface area is 97.0 Å². The molecule has 2 nitrogen and oxygen atoms in total. The zero-order valence-electron chi connectivity index (χ0n) is 8.27. The fourth-order valence-corrected chi connectivity index (χ4v) is 3.65. The van der Waals surface area contributed by atoms with Gasteiger partial charge in [0.05, 0.1) is 6.04 Å². The molecule has 0 amide bonds. The first kappa shape index (κ1) is 9.36. The van der Waals surface area contributed by atoms with Gasteiger partial charge in [-0.25, -0.2) is 4.98 Å². The summed E-state index contributed by atoms with van der Waals surface area (Å²) in [4.78, 5) is 5.83. The van der Waals surface area contributed by atoms with E-state index in [2.05, 4.69) is 21.7 Å². The van der Waals surface area contributed by atoms with Crippen LogP contribution in [0.1, 0.15) is 29.3 Å². The van der Waals surface area contributed by atoms with E-state index >= 15 is 0 Å². The maximum Gasteiger partial charge on any atom is 0.183 e. The highest BCUT2D eigenvalue weighted by Crippen LogP contribution is 2.35. The van der Waals surface area contributed by atoms with Crippen molar-refractivity contribution in [3.05, 3.63) is 33.5 Å². The molecule has 4 heteroatoms. The van der Waals surface area contributed by atoms with Crippen LogP contribution in [0.25, 0.3) is 0 Å². The van der Waals surface area contributed by atoms with Crippen molar-refractivity contribution in [2.45, 2.75) is 25.3 Å². The fraction of sp³-hybridized carbons (Fsp3) is 0.364. The Bertz CT molecular complexity index is 433. The van der Waals surface area contributed by atoms with Crippen molar-refractivity contribution in [3.63, 3.8) is 0 Å². The van der Waals surface area contributed by atoms with E-state index in [1.165, 1.54) is 24.8 Å². The van der Waals surface area contributed by atoms with Crippen LogP contribution in [0.4, 0.5) is 5.13 Å². The Morgan fingerprint density at radius 3 is 3.20 bits per heavy atom. The molecule has 0 saturated heterocycles. The summed E-state index contributed by atoms with van der Waals surface area (Å²) in [5, 5.41) is 8.77. The Morgan fingerprint density at radius 1 is 1.33 bits per heavy atom. The van der Waals surface area contributed by atoms with Gasteiger partial charge in [-0.2, -0.15) is 0 Å².